The smallest absolute Gasteiger partial charge is 0.345 e. The molecule has 0 saturated heterocycles. The molecule has 0 heterocycles. The van der Waals surface area contributed by atoms with Crippen molar-refractivity contribution in [2.75, 3.05) is 13.2 Å². The lowest BCUT2D eigenvalue weighted by molar-refractivity contribution is -0.120. The quantitative estimate of drug-likeness (QED) is 0.118. The molecule has 0 spiro atoms. The Morgan fingerprint density at radius 2 is 1.69 bits per heavy atom. The van der Waals surface area contributed by atoms with Gasteiger partial charge in [0.15, 0.2) is 11.5 Å². The van der Waals surface area contributed by atoms with Crippen LogP contribution in [0.3, 0.4) is 0 Å². The number of halogens is 2. The Balaban J connectivity index is 1.35. The Labute approximate surface area is 234 Å². The van der Waals surface area contributed by atoms with Crippen LogP contribution in [0.4, 0.5) is 0 Å². The molecule has 4 aromatic rings. The molecule has 10 heteroatoms. The zero-order valence-electron chi connectivity index (χ0n) is 20.7. The van der Waals surface area contributed by atoms with Crippen molar-refractivity contribution in [1.82, 2.24) is 10.7 Å². The third-order valence-corrected chi connectivity index (χ3v) is 6.02. The van der Waals surface area contributed by atoms with Crippen molar-refractivity contribution in [2.24, 2.45) is 5.10 Å². The highest BCUT2D eigenvalue weighted by molar-refractivity contribution is 6.36. The average molecular weight is 564 g/mol. The number of rotatable bonds is 9. The largest absolute Gasteiger partial charge is 0.490 e. The molecule has 4 aromatic carbocycles. The Hall–Kier alpha value is -4.40. The molecule has 0 fully saturated rings. The molecule has 8 nitrogen and oxygen atoms in total. The number of carbonyl (C=O) groups is 3. The van der Waals surface area contributed by atoms with Gasteiger partial charge in [0.2, 0.25) is 0 Å². The van der Waals surface area contributed by atoms with E-state index >= 15 is 0 Å². The second-order valence-corrected chi connectivity index (χ2v) is 9.00. The molecule has 4 rings (SSSR count). The Morgan fingerprint density at radius 3 is 2.49 bits per heavy atom. The van der Waals surface area contributed by atoms with E-state index in [1.165, 1.54) is 24.4 Å². The van der Waals surface area contributed by atoms with E-state index in [0.29, 0.717) is 28.5 Å². The fourth-order valence-corrected chi connectivity index (χ4v) is 4.15. The lowest BCUT2D eigenvalue weighted by Gasteiger charge is -2.12. The van der Waals surface area contributed by atoms with Crippen LogP contribution in [0.5, 0.6) is 11.5 Å². The van der Waals surface area contributed by atoms with Gasteiger partial charge in [-0.2, -0.15) is 5.10 Å². The number of carbonyl (C=O) groups excluding carboxylic acids is 3. The zero-order chi connectivity index (χ0) is 27.8. The van der Waals surface area contributed by atoms with Crippen LogP contribution in [0.15, 0.2) is 84.0 Å². The van der Waals surface area contributed by atoms with Crippen molar-refractivity contribution >= 4 is 58.0 Å². The third-order valence-electron chi connectivity index (χ3n) is 5.47. The number of ether oxygens (including phenoxy) is 2. The third kappa shape index (κ3) is 7.13. The first-order valence-electron chi connectivity index (χ1n) is 11.9. The maximum Gasteiger partial charge on any atom is 0.345 e. The standard InChI is InChI=1S/C29H23Cl2N3O5/c1-2-38-26-14-18(10-13-25(26)39-29(37)23-12-11-20(30)15-24(23)31)16-33-34-27(35)17-32-28(36)22-9-5-7-19-6-3-4-8-21(19)22/h3-16H,2,17H2,1H3,(H,32,36)(H,34,35)/b33-16-. The molecule has 0 radical (unpaired) electrons. The summed E-state index contributed by atoms with van der Waals surface area (Å²) in [6, 6.07) is 22.2. The predicted molar refractivity (Wildman–Crippen MR) is 151 cm³/mol. The molecule has 0 aliphatic carbocycles. The molecule has 198 valence electrons. The van der Waals surface area contributed by atoms with Gasteiger partial charge >= 0.3 is 5.97 Å². The highest BCUT2D eigenvalue weighted by Gasteiger charge is 2.16. The topological polar surface area (TPSA) is 106 Å². The van der Waals surface area contributed by atoms with E-state index in [9.17, 15) is 14.4 Å². The minimum absolute atomic E-state index is 0.157. The monoisotopic (exact) mass is 563 g/mol. The second kappa shape index (κ2) is 12.9. The van der Waals surface area contributed by atoms with Crippen LogP contribution in [0, 0.1) is 0 Å². The van der Waals surface area contributed by atoms with E-state index in [4.69, 9.17) is 32.7 Å². The summed E-state index contributed by atoms with van der Waals surface area (Å²) >= 11 is 12.0. The summed E-state index contributed by atoms with van der Waals surface area (Å²) in [4.78, 5) is 37.4. The maximum absolute atomic E-state index is 12.6. The number of nitrogens with zero attached hydrogens (tertiary/aromatic N) is 1. The fourth-order valence-electron chi connectivity index (χ4n) is 3.66. The van der Waals surface area contributed by atoms with Crippen molar-refractivity contribution < 1.29 is 23.9 Å². The van der Waals surface area contributed by atoms with Gasteiger partial charge in [-0.1, -0.05) is 59.6 Å². The van der Waals surface area contributed by atoms with E-state index in [1.54, 1.807) is 37.3 Å². The molecule has 0 aliphatic heterocycles. The summed E-state index contributed by atoms with van der Waals surface area (Å²) < 4.78 is 11.1. The van der Waals surface area contributed by atoms with Gasteiger partial charge in [0.1, 0.15) is 0 Å². The zero-order valence-corrected chi connectivity index (χ0v) is 22.3. The number of fused-ring (bicyclic) bond motifs is 1. The maximum atomic E-state index is 12.6. The molecule has 2 N–H and O–H groups in total. The Bertz CT molecular complexity index is 1570. The summed E-state index contributed by atoms with van der Waals surface area (Å²) in [6.07, 6.45) is 1.40. The van der Waals surface area contributed by atoms with Crippen molar-refractivity contribution in [1.29, 1.82) is 0 Å². The lowest BCUT2D eigenvalue weighted by atomic mass is 10.0. The highest BCUT2D eigenvalue weighted by Crippen LogP contribution is 2.30. The number of hydrogen-bond donors (Lipinski definition) is 2. The summed E-state index contributed by atoms with van der Waals surface area (Å²) in [6.45, 7) is 1.85. The van der Waals surface area contributed by atoms with Crippen molar-refractivity contribution in [3.05, 3.63) is 106 Å². The molecular weight excluding hydrogens is 541 g/mol. The number of benzene rings is 4. The summed E-state index contributed by atoms with van der Waals surface area (Å²) in [5.41, 5.74) is 3.58. The Kier molecular flexibility index (Phi) is 9.14. The lowest BCUT2D eigenvalue weighted by Crippen LogP contribution is -2.35. The van der Waals surface area contributed by atoms with Crippen LogP contribution < -0.4 is 20.2 Å². The van der Waals surface area contributed by atoms with Gasteiger partial charge in [0.05, 0.1) is 30.0 Å². The molecule has 0 atom stereocenters. The van der Waals surface area contributed by atoms with Gasteiger partial charge < -0.3 is 14.8 Å². The minimum Gasteiger partial charge on any atom is -0.490 e. The van der Waals surface area contributed by atoms with Crippen LogP contribution in [0.1, 0.15) is 33.2 Å². The number of esters is 1. The van der Waals surface area contributed by atoms with E-state index in [-0.39, 0.29) is 28.8 Å². The molecule has 2 amide bonds. The minimum atomic E-state index is -0.670. The van der Waals surface area contributed by atoms with Crippen LogP contribution in [0.25, 0.3) is 10.8 Å². The molecule has 39 heavy (non-hydrogen) atoms. The van der Waals surface area contributed by atoms with Crippen molar-refractivity contribution in [3.8, 4) is 11.5 Å². The van der Waals surface area contributed by atoms with Crippen LogP contribution in [-0.2, 0) is 4.79 Å². The molecule has 0 unspecified atom stereocenters. The van der Waals surface area contributed by atoms with Crippen LogP contribution in [-0.4, -0.2) is 37.1 Å². The molecule has 0 aromatic heterocycles. The van der Waals surface area contributed by atoms with Gasteiger partial charge in [-0.15, -0.1) is 0 Å². The number of hydrogen-bond acceptors (Lipinski definition) is 6. The number of nitrogens with one attached hydrogen (secondary N) is 2. The average Bonchev–Trinajstić information content (AvgIpc) is 2.92. The van der Waals surface area contributed by atoms with E-state index in [2.05, 4.69) is 15.8 Å². The molecule has 0 saturated carbocycles. The van der Waals surface area contributed by atoms with Crippen LogP contribution in [0.2, 0.25) is 10.0 Å². The van der Waals surface area contributed by atoms with Crippen LogP contribution >= 0.6 is 23.2 Å². The number of amides is 2. The van der Waals surface area contributed by atoms with Gasteiger partial charge in [-0.05, 0) is 65.7 Å². The SMILES string of the molecule is CCOc1cc(/C=N\NC(=O)CNC(=O)c2cccc3ccccc23)ccc1OC(=O)c1ccc(Cl)cc1Cl. The van der Waals surface area contributed by atoms with Gasteiger partial charge in [0.25, 0.3) is 11.8 Å². The highest BCUT2D eigenvalue weighted by atomic mass is 35.5. The van der Waals surface area contributed by atoms with E-state index in [1.807, 2.05) is 30.3 Å². The van der Waals surface area contributed by atoms with Gasteiger partial charge in [0, 0.05) is 10.6 Å². The molecular formula is C29H23Cl2N3O5. The summed E-state index contributed by atoms with van der Waals surface area (Å²) in [5, 5.41) is 8.82. The Morgan fingerprint density at radius 1 is 0.897 bits per heavy atom. The normalized spacial score (nSPS) is 10.8. The molecule has 0 aliphatic rings. The van der Waals surface area contributed by atoms with Crippen molar-refractivity contribution in [3.63, 3.8) is 0 Å². The summed E-state index contributed by atoms with van der Waals surface area (Å²) in [5.74, 6) is -1.05. The second-order valence-electron chi connectivity index (χ2n) is 8.16. The van der Waals surface area contributed by atoms with E-state index in [0.717, 1.165) is 10.8 Å². The molecule has 0 bridgehead atoms. The first-order chi connectivity index (χ1) is 18.9. The van der Waals surface area contributed by atoms with Gasteiger partial charge in [-0.25, -0.2) is 10.2 Å². The fraction of sp³-hybridized carbons (Fsp3) is 0.103. The predicted octanol–water partition coefficient (Wildman–Crippen LogP) is 5.64. The number of hydrazone groups is 1. The van der Waals surface area contributed by atoms with Crippen molar-refractivity contribution in [2.45, 2.75) is 6.92 Å². The first kappa shape index (κ1) is 27.6. The summed E-state index contributed by atoms with van der Waals surface area (Å²) in [7, 11) is 0. The van der Waals surface area contributed by atoms with E-state index < -0.39 is 11.9 Å². The first-order valence-corrected chi connectivity index (χ1v) is 12.6. The van der Waals surface area contributed by atoms with Gasteiger partial charge in [-0.3, -0.25) is 9.59 Å².